The van der Waals surface area contributed by atoms with Crippen LogP contribution in [0.3, 0.4) is 0 Å². The van der Waals surface area contributed by atoms with Crippen LogP contribution in [-0.4, -0.2) is 41.8 Å². The molecule has 1 rings (SSSR count). The van der Waals surface area contributed by atoms with Crippen molar-refractivity contribution < 1.29 is 19.1 Å². The third-order valence-electron chi connectivity index (χ3n) is 2.15. The third-order valence-corrected chi connectivity index (χ3v) is 4.22. The summed E-state index contributed by atoms with van der Waals surface area (Å²) in [5.41, 5.74) is 0.607. The normalized spacial score (nSPS) is 9.86. The maximum Gasteiger partial charge on any atom is 0.321 e. The Hall–Kier alpha value is -1.87. The van der Waals surface area contributed by atoms with Crippen LogP contribution in [0.25, 0.3) is 0 Å². The zero-order chi connectivity index (χ0) is 16.4. The lowest BCUT2D eigenvalue weighted by atomic mass is 10.3. The highest BCUT2D eigenvalue weighted by Crippen LogP contribution is 2.22. The Morgan fingerprint density at radius 2 is 2.27 bits per heavy atom. The highest BCUT2D eigenvalue weighted by molar-refractivity contribution is 8.01. The average molecular weight is 343 g/mol. The number of thiazole rings is 1. The second kappa shape index (κ2) is 9.96. The van der Waals surface area contributed by atoms with Crippen molar-refractivity contribution in [2.45, 2.75) is 17.7 Å². The molecule has 1 heterocycles. The largest absolute Gasteiger partial charge is 0.466 e. The number of esters is 1. The summed E-state index contributed by atoms with van der Waals surface area (Å²) >= 11 is 2.53. The van der Waals surface area contributed by atoms with Gasteiger partial charge < -0.3 is 10.1 Å². The average Bonchev–Trinajstić information content (AvgIpc) is 2.90. The van der Waals surface area contributed by atoms with Crippen LogP contribution in [0, 0.1) is 0 Å². The summed E-state index contributed by atoms with van der Waals surface area (Å²) in [6.07, 6.45) is 1.63. The number of urea groups is 1. The number of ether oxygens (including phenoxy) is 1. The first kappa shape index (κ1) is 18.2. The lowest BCUT2D eigenvalue weighted by molar-refractivity contribution is -0.142. The number of hydrogen-bond acceptors (Lipinski definition) is 7. The lowest BCUT2D eigenvalue weighted by Crippen LogP contribution is -2.40. The Morgan fingerprint density at radius 1 is 1.50 bits per heavy atom. The van der Waals surface area contributed by atoms with Gasteiger partial charge in [-0.05, 0) is 6.92 Å². The Bertz CT molecular complexity index is 545. The zero-order valence-corrected chi connectivity index (χ0v) is 13.7. The molecule has 7 nitrogen and oxygen atoms in total. The summed E-state index contributed by atoms with van der Waals surface area (Å²) in [5, 5.41) is 6.37. The number of thioether (sulfide) groups is 1. The third kappa shape index (κ3) is 7.23. The van der Waals surface area contributed by atoms with E-state index in [2.05, 4.69) is 22.2 Å². The molecule has 0 aromatic carbocycles. The predicted octanol–water partition coefficient (Wildman–Crippen LogP) is 1.35. The quantitative estimate of drug-likeness (QED) is 0.420. The summed E-state index contributed by atoms with van der Waals surface area (Å²) in [7, 11) is 0. The van der Waals surface area contributed by atoms with Crippen LogP contribution in [0.1, 0.15) is 12.6 Å². The molecule has 0 atom stereocenters. The number of rotatable bonds is 8. The van der Waals surface area contributed by atoms with Crippen molar-refractivity contribution in [2.75, 3.05) is 18.9 Å². The van der Waals surface area contributed by atoms with Crippen LogP contribution in [0.5, 0.6) is 0 Å². The fraction of sp³-hybridized carbons (Fsp3) is 0.385. The van der Waals surface area contributed by atoms with Gasteiger partial charge in [-0.2, -0.15) is 0 Å². The van der Waals surface area contributed by atoms with E-state index in [1.54, 1.807) is 12.3 Å². The van der Waals surface area contributed by atoms with Crippen molar-refractivity contribution in [3.63, 3.8) is 0 Å². The molecule has 0 bridgehead atoms. The molecule has 1 aromatic rings. The highest BCUT2D eigenvalue weighted by Gasteiger charge is 2.11. The van der Waals surface area contributed by atoms with Gasteiger partial charge in [0.1, 0.15) is 0 Å². The van der Waals surface area contributed by atoms with E-state index in [-0.39, 0.29) is 24.7 Å². The lowest BCUT2D eigenvalue weighted by Gasteiger charge is -2.03. The molecule has 0 fully saturated rings. The van der Waals surface area contributed by atoms with Crippen molar-refractivity contribution in [2.24, 2.45) is 0 Å². The molecule has 9 heteroatoms. The fourth-order valence-electron chi connectivity index (χ4n) is 1.29. The molecule has 0 saturated heterocycles. The van der Waals surface area contributed by atoms with Gasteiger partial charge in [0.25, 0.3) is 0 Å². The maximum atomic E-state index is 11.5. The summed E-state index contributed by atoms with van der Waals surface area (Å²) < 4.78 is 5.49. The molecule has 0 radical (unpaired) electrons. The van der Waals surface area contributed by atoms with Gasteiger partial charge in [0.2, 0.25) is 5.91 Å². The van der Waals surface area contributed by atoms with Crippen LogP contribution >= 0.6 is 23.1 Å². The standard InChI is InChI=1S/C13H17N3O4S2/c1-3-5-14-12(19)16-10(17)8-22-13-15-9(7-21-13)6-11(18)20-4-2/h3,7H,1,4-6,8H2,2H3,(H2,14,16,17,19). The van der Waals surface area contributed by atoms with Crippen LogP contribution in [0.4, 0.5) is 4.79 Å². The van der Waals surface area contributed by atoms with E-state index in [1.165, 1.54) is 29.2 Å². The van der Waals surface area contributed by atoms with Gasteiger partial charge in [0, 0.05) is 11.9 Å². The number of carbonyl (C=O) groups is 3. The highest BCUT2D eigenvalue weighted by atomic mass is 32.2. The first-order valence-electron chi connectivity index (χ1n) is 6.46. The van der Waals surface area contributed by atoms with Crippen LogP contribution in [0.15, 0.2) is 22.4 Å². The van der Waals surface area contributed by atoms with E-state index >= 15 is 0 Å². The molecule has 3 amide bonds. The van der Waals surface area contributed by atoms with Gasteiger partial charge in [0.15, 0.2) is 4.34 Å². The summed E-state index contributed by atoms with van der Waals surface area (Å²) in [6.45, 7) is 5.81. The smallest absolute Gasteiger partial charge is 0.321 e. The topological polar surface area (TPSA) is 97.4 Å². The molecule has 0 aliphatic rings. The van der Waals surface area contributed by atoms with Gasteiger partial charge in [-0.15, -0.1) is 17.9 Å². The van der Waals surface area contributed by atoms with Crippen LogP contribution < -0.4 is 10.6 Å². The molecule has 0 aliphatic carbocycles. The second-order valence-electron chi connectivity index (χ2n) is 3.92. The van der Waals surface area contributed by atoms with E-state index in [0.717, 1.165) is 0 Å². The Labute approximate surface area is 136 Å². The van der Waals surface area contributed by atoms with Crippen LogP contribution in [-0.2, 0) is 20.7 Å². The van der Waals surface area contributed by atoms with Crippen molar-refractivity contribution >= 4 is 41.0 Å². The monoisotopic (exact) mass is 343 g/mol. The zero-order valence-electron chi connectivity index (χ0n) is 12.1. The molecule has 0 saturated carbocycles. The summed E-state index contributed by atoms with van der Waals surface area (Å²) in [6, 6.07) is -0.562. The SMILES string of the molecule is C=CCNC(=O)NC(=O)CSc1nc(CC(=O)OCC)cs1. The number of carbonyl (C=O) groups excluding carboxylic acids is 3. The van der Waals surface area contributed by atoms with Crippen molar-refractivity contribution in [1.82, 2.24) is 15.6 Å². The molecule has 22 heavy (non-hydrogen) atoms. The van der Waals surface area contributed by atoms with Crippen molar-refractivity contribution in [1.29, 1.82) is 0 Å². The van der Waals surface area contributed by atoms with Crippen molar-refractivity contribution in [3.05, 3.63) is 23.7 Å². The van der Waals surface area contributed by atoms with E-state index in [4.69, 9.17) is 4.74 Å². The summed E-state index contributed by atoms with van der Waals surface area (Å²) in [4.78, 5) is 38.3. The van der Waals surface area contributed by atoms with Gasteiger partial charge in [0.05, 0.1) is 24.5 Å². The van der Waals surface area contributed by atoms with E-state index in [9.17, 15) is 14.4 Å². The molecule has 0 unspecified atom stereocenters. The molecule has 0 aliphatic heterocycles. The Kier molecular flexibility index (Phi) is 8.23. The number of nitrogens with one attached hydrogen (secondary N) is 2. The van der Waals surface area contributed by atoms with Gasteiger partial charge in [-0.1, -0.05) is 17.8 Å². The van der Waals surface area contributed by atoms with E-state index < -0.39 is 11.9 Å². The summed E-state index contributed by atoms with van der Waals surface area (Å²) in [5.74, 6) is -0.692. The van der Waals surface area contributed by atoms with Crippen molar-refractivity contribution in [3.8, 4) is 0 Å². The second-order valence-corrected chi connectivity index (χ2v) is 6.00. The first-order chi connectivity index (χ1) is 10.5. The number of aromatic nitrogens is 1. The minimum absolute atomic E-state index is 0.0634. The molecule has 120 valence electrons. The number of amides is 3. The Balaban J connectivity index is 2.34. The first-order valence-corrected chi connectivity index (χ1v) is 8.33. The molecule has 1 aromatic heterocycles. The fourth-order valence-corrected chi connectivity index (χ4v) is 2.94. The Morgan fingerprint density at radius 3 is 2.95 bits per heavy atom. The van der Waals surface area contributed by atoms with E-state index in [0.29, 0.717) is 16.6 Å². The molecule has 2 N–H and O–H groups in total. The molecule has 0 spiro atoms. The van der Waals surface area contributed by atoms with Crippen LogP contribution in [0.2, 0.25) is 0 Å². The number of nitrogens with zero attached hydrogens (tertiary/aromatic N) is 1. The maximum absolute atomic E-state index is 11.5. The molecular weight excluding hydrogens is 326 g/mol. The van der Waals surface area contributed by atoms with E-state index in [1.807, 2.05) is 0 Å². The minimum Gasteiger partial charge on any atom is -0.466 e. The van der Waals surface area contributed by atoms with Gasteiger partial charge in [-0.3, -0.25) is 14.9 Å². The van der Waals surface area contributed by atoms with Gasteiger partial charge in [-0.25, -0.2) is 9.78 Å². The number of hydrogen-bond donors (Lipinski definition) is 2. The van der Waals surface area contributed by atoms with Gasteiger partial charge >= 0.3 is 12.0 Å². The number of imide groups is 1. The minimum atomic E-state index is -0.562. The molecular formula is C13H17N3O4S2. The predicted molar refractivity (Wildman–Crippen MR) is 84.9 cm³/mol.